The molecular formula is C24H25NO4. The van der Waals surface area contributed by atoms with Crippen molar-refractivity contribution in [3.63, 3.8) is 0 Å². The van der Waals surface area contributed by atoms with Gasteiger partial charge in [-0.2, -0.15) is 0 Å². The minimum absolute atomic E-state index is 0.129. The van der Waals surface area contributed by atoms with E-state index in [1.54, 1.807) is 6.08 Å². The number of aliphatic imine (C=N–C) groups is 1. The summed E-state index contributed by atoms with van der Waals surface area (Å²) in [6.45, 7) is 5.32. The molecule has 0 bridgehead atoms. The minimum atomic E-state index is -1.32. The van der Waals surface area contributed by atoms with Gasteiger partial charge in [-0.15, -0.1) is 0 Å². The molecule has 0 spiro atoms. The molecule has 0 fully saturated rings. The van der Waals surface area contributed by atoms with Crippen LogP contribution in [0.4, 0.5) is 0 Å². The lowest BCUT2D eigenvalue weighted by molar-refractivity contribution is -0.153. The number of benzene rings is 2. The highest BCUT2D eigenvalue weighted by molar-refractivity contribution is 6.08. The molecule has 0 saturated heterocycles. The van der Waals surface area contributed by atoms with E-state index in [1.165, 1.54) is 6.92 Å². The van der Waals surface area contributed by atoms with Crippen LogP contribution in [0.3, 0.4) is 0 Å². The molecule has 5 nitrogen and oxygen atoms in total. The van der Waals surface area contributed by atoms with Crippen LogP contribution in [0.15, 0.2) is 71.7 Å². The maximum atomic E-state index is 13.1. The first-order chi connectivity index (χ1) is 13.9. The lowest BCUT2D eigenvalue weighted by atomic mass is 9.84. The summed E-state index contributed by atoms with van der Waals surface area (Å²) in [4.78, 5) is 29.6. The Hall–Kier alpha value is -3.21. The zero-order valence-electron chi connectivity index (χ0n) is 16.9. The third kappa shape index (κ3) is 4.80. The van der Waals surface area contributed by atoms with Crippen molar-refractivity contribution < 1.29 is 19.1 Å². The maximum Gasteiger partial charge on any atom is 0.345 e. The van der Waals surface area contributed by atoms with Gasteiger partial charge in [0.2, 0.25) is 11.4 Å². The molecule has 29 heavy (non-hydrogen) atoms. The largest absolute Gasteiger partial charge is 0.455 e. The number of hydrogen-bond acceptors (Lipinski definition) is 5. The molecule has 2 aromatic carbocycles. The maximum absolute atomic E-state index is 13.1. The van der Waals surface area contributed by atoms with Gasteiger partial charge in [-0.25, -0.2) is 9.79 Å². The Morgan fingerprint density at radius 2 is 1.72 bits per heavy atom. The molecule has 3 rings (SSSR count). The summed E-state index contributed by atoms with van der Waals surface area (Å²) < 4.78 is 11.1. The van der Waals surface area contributed by atoms with E-state index in [4.69, 9.17) is 14.5 Å². The van der Waals surface area contributed by atoms with Crippen LogP contribution >= 0.6 is 0 Å². The van der Waals surface area contributed by atoms with Gasteiger partial charge in [-0.05, 0) is 36.1 Å². The molecule has 2 atom stereocenters. The highest BCUT2D eigenvalue weighted by atomic mass is 16.6. The van der Waals surface area contributed by atoms with E-state index in [9.17, 15) is 9.59 Å². The average molecular weight is 391 g/mol. The lowest BCUT2D eigenvalue weighted by Gasteiger charge is -2.30. The van der Waals surface area contributed by atoms with Crippen LogP contribution in [0, 0.1) is 5.92 Å². The van der Waals surface area contributed by atoms with Crippen molar-refractivity contribution in [1.82, 2.24) is 0 Å². The van der Waals surface area contributed by atoms with Crippen LogP contribution < -0.4 is 0 Å². The van der Waals surface area contributed by atoms with Crippen LogP contribution in [-0.4, -0.2) is 29.5 Å². The third-order valence-electron chi connectivity index (χ3n) is 4.61. The van der Waals surface area contributed by atoms with E-state index >= 15 is 0 Å². The predicted molar refractivity (Wildman–Crippen MR) is 112 cm³/mol. The SMILES string of the molecule is CC(=O)O[C@H](C=Cc1ccccc1)[C@]1(CC(C)C)N=C(c2ccccc2)OC1=O. The smallest absolute Gasteiger partial charge is 0.345 e. The average Bonchev–Trinajstić information content (AvgIpc) is 3.03. The molecule has 2 aromatic rings. The highest BCUT2D eigenvalue weighted by Gasteiger charge is 2.53. The van der Waals surface area contributed by atoms with E-state index in [0.717, 1.165) is 5.56 Å². The van der Waals surface area contributed by atoms with Crippen molar-refractivity contribution in [3.05, 3.63) is 77.9 Å². The molecule has 0 N–H and O–H groups in total. The normalized spacial score (nSPS) is 19.9. The standard InChI is InChI=1S/C24H25NO4/c1-17(2)16-24(23(27)29-22(25-24)20-12-8-5-9-13-20)21(28-18(3)26)15-14-19-10-6-4-7-11-19/h4-15,17,21H,16H2,1-3H3/t21-,24+/m1/s1. The Morgan fingerprint density at radius 1 is 1.10 bits per heavy atom. The summed E-state index contributed by atoms with van der Waals surface area (Å²) in [7, 11) is 0. The fourth-order valence-electron chi connectivity index (χ4n) is 3.41. The summed E-state index contributed by atoms with van der Waals surface area (Å²) in [5.74, 6) is -0.605. The van der Waals surface area contributed by atoms with Crippen molar-refractivity contribution >= 4 is 23.9 Å². The molecule has 0 aliphatic carbocycles. The van der Waals surface area contributed by atoms with Gasteiger partial charge in [0, 0.05) is 12.5 Å². The summed E-state index contributed by atoms with van der Waals surface area (Å²) in [6, 6.07) is 18.9. The van der Waals surface area contributed by atoms with Gasteiger partial charge < -0.3 is 9.47 Å². The second-order valence-corrected chi connectivity index (χ2v) is 7.49. The molecular weight excluding hydrogens is 366 g/mol. The molecule has 1 aliphatic heterocycles. The van der Waals surface area contributed by atoms with Gasteiger partial charge in [-0.3, -0.25) is 4.79 Å². The number of nitrogens with zero attached hydrogens (tertiary/aromatic N) is 1. The fourth-order valence-corrected chi connectivity index (χ4v) is 3.41. The van der Waals surface area contributed by atoms with E-state index in [2.05, 4.69) is 0 Å². The molecule has 1 aliphatic rings. The van der Waals surface area contributed by atoms with E-state index in [1.807, 2.05) is 80.6 Å². The number of rotatable bonds is 7. The van der Waals surface area contributed by atoms with Crippen molar-refractivity contribution in [2.45, 2.75) is 38.8 Å². The van der Waals surface area contributed by atoms with Crippen molar-refractivity contribution in [1.29, 1.82) is 0 Å². The first-order valence-corrected chi connectivity index (χ1v) is 9.69. The van der Waals surface area contributed by atoms with Crippen molar-refractivity contribution in [2.24, 2.45) is 10.9 Å². The first kappa shape index (κ1) is 20.5. The van der Waals surface area contributed by atoms with Crippen molar-refractivity contribution in [3.8, 4) is 0 Å². The molecule has 150 valence electrons. The number of carbonyl (C=O) groups is 2. The van der Waals surface area contributed by atoms with E-state index in [0.29, 0.717) is 12.0 Å². The molecule has 1 heterocycles. The Balaban J connectivity index is 2.05. The van der Waals surface area contributed by atoms with Gasteiger partial charge in [-0.1, -0.05) is 68.5 Å². The molecule has 0 amide bonds. The third-order valence-corrected chi connectivity index (χ3v) is 4.61. The summed E-state index contributed by atoms with van der Waals surface area (Å²) in [6.07, 6.45) is 3.06. The van der Waals surface area contributed by atoms with Gasteiger partial charge in [0.25, 0.3) is 0 Å². The topological polar surface area (TPSA) is 65.0 Å². The monoisotopic (exact) mass is 391 g/mol. The fraction of sp³-hybridized carbons (Fsp3) is 0.292. The minimum Gasteiger partial charge on any atom is -0.455 e. The Kier molecular flexibility index (Phi) is 6.27. The molecule has 0 unspecified atom stereocenters. The number of hydrogen-bond donors (Lipinski definition) is 0. The number of esters is 2. The Morgan fingerprint density at radius 3 is 2.31 bits per heavy atom. The molecule has 0 radical (unpaired) electrons. The van der Waals surface area contributed by atoms with Gasteiger partial charge in [0.15, 0.2) is 6.10 Å². The molecule has 0 aromatic heterocycles. The number of cyclic esters (lactones) is 1. The van der Waals surface area contributed by atoms with E-state index < -0.39 is 23.6 Å². The highest BCUT2D eigenvalue weighted by Crippen LogP contribution is 2.35. The number of ether oxygens (including phenoxy) is 2. The van der Waals surface area contributed by atoms with Crippen LogP contribution in [0.1, 0.15) is 38.3 Å². The van der Waals surface area contributed by atoms with Gasteiger partial charge in [0.1, 0.15) is 0 Å². The summed E-state index contributed by atoms with van der Waals surface area (Å²) in [5.41, 5.74) is 0.319. The predicted octanol–water partition coefficient (Wildman–Crippen LogP) is 4.42. The van der Waals surface area contributed by atoms with Crippen LogP contribution in [0.2, 0.25) is 0 Å². The first-order valence-electron chi connectivity index (χ1n) is 9.69. The Labute approximate surface area is 171 Å². The number of carbonyl (C=O) groups excluding carboxylic acids is 2. The van der Waals surface area contributed by atoms with Crippen LogP contribution in [0.5, 0.6) is 0 Å². The molecule has 5 heteroatoms. The zero-order chi connectivity index (χ0) is 20.9. The van der Waals surface area contributed by atoms with Gasteiger partial charge in [0.05, 0.1) is 0 Å². The van der Waals surface area contributed by atoms with Gasteiger partial charge >= 0.3 is 11.9 Å². The van der Waals surface area contributed by atoms with Crippen LogP contribution in [-0.2, 0) is 19.1 Å². The Bertz CT molecular complexity index is 918. The van der Waals surface area contributed by atoms with Crippen molar-refractivity contribution in [2.75, 3.05) is 0 Å². The molecule has 0 saturated carbocycles. The zero-order valence-corrected chi connectivity index (χ0v) is 16.9. The second kappa shape index (κ2) is 8.86. The lowest BCUT2D eigenvalue weighted by Crippen LogP contribution is -2.48. The summed E-state index contributed by atoms with van der Waals surface area (Å²) in [5, 5.41) is 0. The quantitative estimate of drug-likeness (QED) is 0.656. The second-order valence-electron chi connectivity index (χ2n) is 7.49. The van der Waals surface area contributed by atoms with E-state index in [-0.39, 0.29) is 11.8 Å². The summed E-state index contributed by atoms with van der Waals surface area (Å²) >= 11 is 0. The van der Waals surface area contributed by atoms with Crippen LogP contribution in [0.25, 0.3) is 6.08 Å².